The molecule has 3 aromatic rings. The highest BCUT2D eigenvalue weighted by molar-refractivity contribution is 8.03. The summed E-state index contributed by atoms with van der Waals surface area (Å²) in [5.41, 5.74) is 2.38. The van der Waals surface area contributed by atoms with Crippen molar-refractivity contribution in [2.45, 2.75) is 12.7 Å². The minimum Gasteiger partial charge on any atom is -0.494 e. The molecule has 1 aliphatic rings. The SMILES string of the molecule is CCOc1ccc(C2=C(SCc3ccccc3)C(=O)N(c3ccc(F)cc3)C2=O)cc1. The van der Waals surface area contributed by atoms with Crippen LogP contribution in [0.25, 0.3) is 5.57 Å². The van der Waals surface area contributed by atoms with Crippen LogP contribution < -0.4 is 9.64 Å². The lowest BCUT2D eigenvalue weighted by Gasteiger charge is -2.15. The van der Waals surface area contributed by atoms with E-state index >= 15 is 0 Å². The highest BCUT2D eigenvalue weighted by Crippen LogP contribution is 2.39. The summed E-state index contributed by atoms with van der Waals surface area (Å²) < 4.78 is 18.9. The molecule has 2 amide bonds. The molecular formula is C25H20FNO3S. The van der Waals surface area contributed by atoms with E-state index in [4.69, 9.17) is 4.74 Å². The molecule has 156 valence electrons. The molecule has 0 fully saturated rings. The van der Waals surface area contributed by atoms with Gasteiger partial charge in [-0.05, 0) is 54.4 Å². The van der Waals surface area contributed by atoms with Gasteiger partial charge in [-0.3, -0.25) is 9.59 Å². The Labute approximate surface area is 184 Å². The van der Waals surface area contributed by atoms with Gasteiger partial charge in [-0.2, -0.15) is 0 Å². The van der Waals surface area contributed by atoms with E-state index < -0.39 is 17.6 Å². The first-order chi connectivity index (χ1) is 15.1. The van der Waals surface area contributed by atoms with Crippen molar-refractivity contribution in [1.29, 1.82) is 0 Å². The van der Waals surface area contributed by atoms with Crippen molar-refractivity contribution in [3.8, 4) is 5.75 Å². The molecule has 1 aliphatic heterocycles. The number of ether oxygens (including phenoxy) is 1. The first kappa shape index (κ1) is 20.9. The van der Waals surface area contributed by atoms with Crippen LogP contribution in [-0.2, 0) is 15.3 Å². The number of thioether (sulfide) groups is 1. The molecule has 0 unspecified atom stereocenters. The number of carbonyl (C=O) groups excluding carboxylic acids is 2. The quantitative estimate of drug-likeness (QED) is 0.466. The fourth-order valence-corrected chi connectivity index (χ4v) is 4.40. The summed E-state index contributed by atoms with van der Waals surface area (Å²) in [5, 5.41) is 0. The van der Waals surface area contributed by atoms with E-state index in [0.29, 0.717) is 39.8 Å². The van der Waals surface area contributed by atoms with E-state index in [-0.39, 0.29) is 0 Å². The zero-order valence-electron chi connectivity index (χ0n) is 16.9. The van der Waals surface area contributed by atoms with Gasteiger partial charge in [0.1, 0.15) is 11.6 Å². The number of hydrogen-bond acceptors (Lipinski definition) is 4. The third-order valence-electron chi connectivity index (χ3n) is 4.81. The molecule has 0 saturated heterocycles. The Balaban J connectivity index is 1.71. The predicted molar refractivity (Wildman–Crippen MR) is 121 cm³/mol. The highest BCUT2D eigenvalue weighted by Gasteiger charge is 2.40. The second-order valence-electron chi connectivity index (χ2n) is 6.86. The summed E-state index contributed by atoms with van der Waals surface area (Å²) >= 11 is 1.33. The number of benzene rings is 3. The van der Waals surface area contributed by atoms with Crippen LogP contribution in [0.3, 0.4) is 0 Å². The van der Waals surface area contributed by atoms with Gasteiger partial charge in [0.2, 0.25) is 0 Å². The van der Waals surface area contributed by atoms with Crippen molar-refractivity contribution in [3.63, 3.8) is 0 Å². The van der Waals surface area contributed by atoms with E-state index in [0.717, 1.165) is 10.5 Å². The summed E-state index contributed by atoms with van der Waals surface area (Å²) in [7, 11) is 0. The van der Waals surface area contributed by atoms with Gasteiger partial charge in [0, 0.05) is 5.75 Å². The maximum atomic E-state index is 13.4. The number of carbonyl (C=O) groups is 2. The molecule has 0 saturated carbocycles. The van der Waals surface area contributed by atoms with Crippen LogP contribution in [0.5, 0.6) is 5.75 Å². The van der Waals surface area contributed by atoms with Crippen LogP contribution >= 0.6 is 11.8 Å². The Morgan fingerprint density at radius 3 is 2.19 bits per heavy atom. The van der Waals surface area contributed by atoms with Gasteiger partial charge in [0.05, 0.1) is 22.8 Å². The third kappa shape index (κ3) is 4.39. The molecule has 0 spiro atoms. The van der Waals surface area contributed by atoms with E-state index in [1.54, 1.807) is 24.3 Å². The number of imide groups is 1. The third-order valence-corrected chi connectivity index (χ3v) is 5.95. The van der Waals surface area contributed by atoms with Gasteiger partial charge in [-0.15, -0.1) is 11.8 Å². The van der Waals surface area contributed by atoms with Gasteiger partial charge in [0.15, 0.2) is 0 Å². The lowest BCUT2D eigenvalue weighted by atomic mass is 10.1. The minimum absolute atomic E-state index is 0.343. The number of rotatable bonds is 7. The summed E-state index contributed by atoms with van der Waals surface area (Å²) in [6, 6.07) is 22.2. The maximum absolute atomic E-state index is 13.4. The van der Waals surface area contributed by atoms with E-state index in [2.05, 4.69) is 0 Å². The number of amides is 2. The van der Waals surface area contributed by atoms with Crippen molar-refractivity contribution in [3.05, 3.63) is 101 Å². The van der Waals surface area contributed by atoms with Crippen LogP contribution in [0.4, 0.5) is 10.1 Å². The summed E-state index contributed by atoms with van der Waals surface area (Å²) in [5.74, 6) is -0.0102. The van der Waals surface area contributed by atoms with Crippen LogP contribution in [0.2, 0.25) is 0 Å². The lowest BCUT2D eigenvalue weighted by molar-refractivity contribution is -0.119. The summed E-state index contributed by atoms with van der Waals surface area (Å²) in [6.07, 6.45) is 0. The Kier molecular flexibility index (Phi) is 6.18. The summed E-state index contributed by atoms with van der Waals surface area (Å²) in [6.45, 7) is 2.44. The van der Waals surface area contributed by atoms with Gasteiger partial charge in [0.25, 0.3) is 11.8 Å². The lowest BCUT2D eigenvalue weighted by Crippen LogP contribution is -2.31. The molecule has 4 nitrogen and oxygen atoms in total. The molecule has 0 N–H and O–H groups in total. The van der Waals surface area contributed by atoms with Crippen molar-refractivity contribution >= 4 is 34.8 Å². The first-order valence-corrected chi connectivity index (χ1v) is 10.9. The number of nitrogens with zero attached hydrogens (tertiary/aromatic N) is 1. The molecule has 0 bridgehead atoms. The molecule has 1 heterocycles. The van der Waals surface area contributed by atoms with Crippen LogP contribution in [0.1, 0.15) is 18.1 Å². The Morgan fingerprint density at radius 2 is 1.55 bits per heavy atom. The van der Waals surface area contributed by atoms with Crippen LogP contribution in [0.15, 0.2) is 83.8 Å². The van der Waals surface area contributed by atoms with Gasteiger partial charge < -0.3 is 4.74 Å². The van der Waals surface area contributed by atoms with Gasteiger partial charge in [-0.25, -0.2) is 9.29 Å². The second kappa shape index (κ2) is 9.18. The Bertz CT molecular complexity index is 1130. The molecule has 0 atom stereocenters. The molecule has 0 aliphatic carbocycles. The Morgan fingerprint density at radius 1 is 0.871 bits per heavy atom. The average Bonchev–Trinajstić information content (AvgIpc) is 3.04. The monoisotopic (exact) mass is 433 g/mol. The minimum atomic E-state index is -0.429. The molecule has 0 aromatic heterocycles. The van der Waals surface area contributed by atoms with Crippen molar-refractivity contribution < 1.29 is 18.7 Å². The van der Waals surface area contributed by atoms with Crippen molar-refractivity contribution in [1.82, 2.24) is 0 Å². The fourth-order valence-electron chi connectivity index (χ4n) is 3.34. The molecule has 3 aromatic carbocycles. The summed E-state index contributed by atoms with van der Waals surface area (Å²) in [4.78, 5) is 28.1. The zero-order valence-corrected chi connectivity index (χ0v) is 17.7. The maximum Gasteiger partial charge on any atom is 0.272 e. The molecule has 31 heavy (non-hydrogen) atoms. The number of hydrogen-bond donors (Lipinski definition) is 0. The van der Waals surface area contributed by atoms with Crippen LogP contribution in [-0.4, -0.2) is 18.4 Å². The van der Waals surface area contributed by atoms with Gasteiger partial charge >= 0.3 is 0 Å². The van der Waals surface area contributed by atoms with E-state index in [1.807, 2.05) is 37.3 Å². The molecular weight excluding hydrogens is 413 g/mol. The molecule has 0 radical (unpaired) electrons. The number of halogens is 1. The van der Waals surface area contributed by atoms with E-state index in [9.17, 15) is 14.0 Å². The second-order valence-corrected chi connectivity index (χ2v) is 7.84. The Hall–Kier alpha value is -3.38. The standard InChI is InChI=1S/C25H20FNO3S/c1-2-30-21-14-8-18(9-15-21)22-23(31-16-17-6-4-3-5-7-17)25(29)27(24(22)28)20-12-10-19(26)11-13-20/h3-15H,2,16H2,1H3. The van der Waals surface area contributed by atoms with Gasteiger partial charge in [-0.1, -0.05) is 42.5 Å². The largest absolute Gasteiger partial charge is 0.494 e. The highest BCUT2D eigenvalue weighted by atomic mass is 32.2. The van der Waals surface area contributed by atoms with Crippen LogP contribution in [0, 0.1) is 5.82 Å². The molecule has 6 heteroatoms. The van der Waals surface area contributed by atoms with E-state index in [1.165, 1.54) is 36.0 Å². The number of anilines is 1. The fraction of sp³-hybridized carbons (Fsp3) is 0.120. The topological polar surface area (TPSA) is 46.6 Å². The normalized spacial score (nSPS) is 13.8. The molecule has 4 rings (SSSR count). The zero-order chi connectivity index (χ0) is 21.8. The smallest absolute Gasteiger partial charge is 0.272 e. The first-order valence-electron chi connectivity index (χ1n) is 9.87. The van der Waals surface area contributed by atoms with Crippen molar-refractivity contribution in [2.24, 2.45) is 0 Å². The van der Waals surface area contributed by atoms with Crippen molar-refractivity contribution in [2.75, 3.05) is 11.5 Å². The average molecular weight is 434 g/mol. The predicted octanol–water partition coefficient (Wildman–Crippen LogP) is 5.44.